The van der Waals surface area contributed by atoms with Gasteiger partial charge in [0.15, 0.2) is 0 Å². The van der Waals surface area contributed by atoms with E-state index < -0.39 is 0 Å². The highest BCUT2D eigenvalue weighted by Gasteiger charge is 2.30. The van der Waals surface area contributed by atoms with Gasteiger partial charge in [-0.3, -0.25) is 9.59 Å². The quantitative estimate of drug-likeness (QED) is 0.459. The molecule has 0 saturated carbocycles. The number of anilines is 1. The molecule has 1 fully saturated rings. The molecule has 2 aromatic carbocycles. The zero-order valence-corrected chi connectivity index (χ0v) is 20.8. The Morgan fingerprint density at radius 3 is 2.36 bits per heavy atom. The number of piperidine rings is 1. The van der Waals surface area contributed by atoms with E-state index in [4.69, 9.17) is 0 Å². The van der Waals surface area contributed by atoms with Gasteiger partial charge in [-0.2, -0.15) is 9.78 Å². The van der Waals surface area contributed by atoms with Crippen LogP contribution in [0.15, 0.2) is 67.0 Å². The maximum atomic E-state index is 13.3. The third-order valence-corrected chi connectivity index (χ3v) is 6.64. The molecule has 2 aromatic heterocycles. The van der Waals surface area contributed by atoms with Crippen LogP contribution in [-0.4, -0.2) is 49.6 Å². The molecule has 1 saturated heterocycles. The number of carbonyl (C=O) groups excluding carboxylic acids is 2. The van der Waals surface area contributed by atoms with Gasteiger partial charge in [-0.15, -0.1) is 0 Å². The number of likely N-dealkylation sites (tertiary alicyclic amines) is 1. The fourth-order valence-electron chi connectivity index (χ4n) is 4.55. The highest BCUT2D eigenvalue weighted by atomic mass is 16.2. The van der Waals surface area contributed by atoms with E-state index in [0.29, 0.717) is 43.3 Å². The highest BCUT2D eigenvalue weighted by molar-refractivity contribution is 6.07. The Balaban J connectivity index is 1.29. The van der Waals surface area contributed by atoms with Crippen LogP contribution in [0.5, 0.6) is 0 Å². The minimum absolute atomic E-state index is 0.0137. The summed E-state index contributed by atoms with van der Waals surface area (Å²) in [6.45, 7) is 7.28. The van der Waals surface area contributed by atoms with Gasteiger partial charge in [0, 0.05) is 48.4 Å². The molecule has 3 heterocycles. The molecule has 4 aromatic rings. The van der Waals surface area contributed by atoms with Crippen molar-refractivity contribution in [1.29, 1.82) is 0 Å². The van der Waals surface area contributed by atoms with Crippen molar-refractivity contribution in [3.8, 4) is 5.95 Å². The largest absolute Gasteiger partial charge is 0.339 e. The summed E-state index contributed by atoms with van der Waals surface area (Å²) < 4.78 is 1.58. The Kier molecular flexibility index (Phi) is 6.26. The van der Waals surface area contributed by atoms with Gasteiger partial charge in [-0.05, 0) is 35.7 Å². The fourth-order valence-corrected chi connectivity index (χ4v) is 4.55. The standard InChI is InChI=1S/C28H30N6O2/c1-28(2,3)23-18-24(34(32-23)27-29-14-7-15-30-27)31-25(35)20-12-16-33(17-13-20)26(36)22-11-6-9-19-8-4-5-10-21(19)22/h4-11,14-15,18,20H,12-13,16-17H2,1-3H3,(H,31,35). The molecule has 8 nitrogen and oxygen atoms in total. The molecule has 0 unspecified atom stereocenters. The fraction of sp³-hybridized carbons (Fsp3) is 0.321. The summed E-state index contributed by atoms with van der Waals surface area (Å²) in [7, 11) is 0. The molecule has 184 valence electrons. The van der Waals surface area contributed by atoms with Crippen LogP contribution in [0.1, 0.15) is 49.7 Å². The van der Waals surface area contributed by atoms with E-state index in [0.717, 1.165) is 16.5 Å². The topological polar surface area (TPSA) is 93.0 Å². The Labute approximate surface area is 210 Å². The van der Waals surface area contributed by atoms with Gasteiger partial charge >= 0.3 is 0 Å². The second-order valence-corrected chi connectivity index (χ2v) is 10.2. The van der Waals surface area contributed by atoms with Crippen molar-refractivity contribution in [2.45, 2.75) is 39.0 Å². The van der Waals surface area contributed by atoms with Crippen molar-refractivity contribution < 1.29 is 9.59 Å². The van der Waals surface area contributed by atoms with Crippen LogP contribution in [0.3, 0.4) is 0 Å². The van der Waals surface area contributed by atoms with Gasteiger partial charge in [0.25, 0.3) is 11.9 Å². The summed E-state index contributed by atoms with van der Waals surface area (Å²) >= 11 is 0. The summed E-state index contributed by atoms with van der Waals surface area (Å²) in [6, 6.07) is 17.3. The first-order valence-corrected chi connectivity index (χ1v) is 12.3. The number of hydrogen-bond acceptors (Lipinski definition) is 5. The molecular weight excluding hydrogens is 452 g/mol. The van der Waals surface area contributed by atoms with Crippen LogP contribution >= 0.6 is 0 Å². The number of nitrogens with one attached hydrogen (secondary N) is 1. The molecule has 1 N–H and O–H groups in total. The molecule has 0 radical (unpaired) electrons. The Hall–Kier alpha value is -4.07. The molecule has 0 spiro atoms. The molecule has 1 aliphatic heterocycles. The Morgan fingerprint density at radius 2 is 1.64 bits per heavy atom. The number of amides is 2. The highest BCUT2D eigenvalue weighted by Crippen LogP contribution is 2.28. The van der Waals surface area contributed by atoms with Crippen molar-refractivity contribution in [2.75, 3.05) is 18.4 Å². The summed E-state index contributed by atoms with van der Waals surface area (Å²) in [5.74, 6) is 0.688. The average molecular weight is 483 g/mol. The molecule has 0 atom stereocenters. The lowest BCUT2D eigenvalue weighted by Gasteiger charge is -2.31. The van der Waals surface area contributed by atoms with Gasteiger partial charge in [0.1, 0.15) is 5.82 Å². The lowest BCUT2D eigenvalue weighted by Crippen LogP contribution is -2.41. The maximum absolute atomic E-state index is 13.3. The lowest BCUT2D eigenvalue weighted by molar-refractivity contribution is -0.121. The predicted molar refractivity (Wildman–Crippen MR) is 139 cm³/mol. The number of rotatable bonds is 4. The van der Waals surface area contributed by atoms with Crippen LogP contribution in [0.25, 0.3) is 16.7 Å². The molecule has 36 heavy (non-hydrogen) atoms. The van der Waals surface area contributed by atoms with Gasteiger partial charge < -0.3 is 10.2 Å². The van der Waals surface area contributed by atoms with Crippen LogP contribution in [0.4, 0.5) is 5.82 Å². The first kappa shape index (κ1) is 23.7. The van der Waals surface area contributed by atoms with Crippen LogP contribution in [0.2, 0.25) is 0 Å². The number of carbonyl (C=O) groups is 2. The number of fused-ring (bicyclic) bond motifs is 1. The van der Waals surface area contributed by atoms with Gasteiger partial charge in [0.05, 0.1) is 5.69 Å². The second-order valence-electron chi connectivity index (χ2n) is 10.2. The van der Waals surface area contributed by atoms with Crippen molar-refractivity contribution in [3.63, 3.8) is 0 Å². The number of nitrogens with zero attached hydrogens (tertiary/aromatic N) is 5. The van der Waals surface area contributed by atoms with E-state index in [9.17, 15) is 9.59 Å². The van der Waals surface area contributed by atoms with E-state index in [2.05, 4.69) is 41.2 Å². The van der Waals surface area contributed by atoms with E-state index in [1.807, 2.05) is 53.4 Å². The monoisotopic (exact) mass is 482 g/mol. The molecular formula is C28H30N6O2. The smallest absolute Gasteiger partial charge is 0.254 e. The van der Waals surface area contributed by atoms with E-state index in [1.54, 1.807) is 23.1 Å². The first-order chi connectivity index (χ1) is 17.3. The minimum atomic E-state index is -0.202. The van der Waals surface area contributed by atoms with E-state index in [1.165, 1.54) is 0 Å². The third-order valence-electron chi connectivity index (χ3n) is 6.64. The van der Waals surface area contributed by atoms with Crippen molar-refractivity contribution in [2.24, 2.45) is 5.92 Å². The van der Waals surface area contributed by atoms with Crippen LogP contribution in [0, 0.1) is 5.92 Å². The lowest BCUT2D eigenvalue weighted by atomic mass is 9.92. The first-order valence-electron chi connectivity index (χ1n) is 12.3. The molecule has 2 amide bonds. The van der Waals surface area contributed by atoms with Crippen LogP contribution in [-0.2, 0) is 10.2 Å². The molecule has 5 rings (SSSR count). The SMILES string of the molecule is CC(C)(C)c1cc(NC(=O)C2CCN(C(=O)c3cccc4ccccc34)CC2)n(-c2ncccn2)n1. The maximum Gasteiger partial charge on any atom is 0.254 e. The summed E-state index contributed by atoms with van der Waals surface area (Å²) in [4.78, 5) is 37.0. The average Bonchev–Trinajstić information content (AvgIpc) is 3.33. The van der Waals surface area contributed by atoms with Crippen molar-refractivity contribution >= 4 is 28.4 Å². The molecule has 8 heteroatoms. The predicted octanol–water partition coefficient (Wildman–Crippen LogP) is 4.60. The van der Waals surface area contributed by atoms with Gasteiger partial charge in [-0.1, -0.05) is 57.2 Å². The second kappa shape index (κ2) is 9.53. The molecule has 0 aliphatic carbocycles. The van der Waals surface area contributed by atoms with Gasteiger partial charge in [0.2, 0.25) is 5.91 Å². The minimum Gasteiger partial charge on any atom is -0.339 e. The zero-order chi connectivity index (χ0) is 25.3. The summed E-state index contributed by atoms with van der Waals surface area (Å²) in [5.41, 5.74) is 1.34. The van der Waals surface area contributed by atoms with E-state index in [-0.39, 0.29) is 23.1 Å². The van der Waals surface area contributed by atoms with E-state index >= 15 is 0 Å². The van der Waals surface area contributed by atoms with Crippen LogP contribution < -0.4 is 5.32 Å². The van der Waals surface area contributed by atoms with Gasteiger partial charge in [-0.25, -0.2) is 9.97 Å². The summed E-state index contributed by atoms with van der Waals surface area (Å²) in [6.07, 6.45) is 4.50. The van der Waals surface area contributed by atoms with Crippen molar-refractivity contribution in [1.82, 2.24) is 24.6 Å². The summed E-state index contributed by atoms with van der Waals surface area (Å²) in [5, 5.41) is 9.72. The normalized spacial score (nSPS) is 14.7. The Morgan fingerprint density at radius 1 is 0.944 bits per heavy atom. The number of benzene rings is 2. The molecule has 0 bridgehead atoms. The third kappa shape index (κ3) is 4.71. The number of aromatic nitrogens is 4. The zero-order valence-electron chi connectivity index (χ0n) is 20.8. The molecule has 1 aliphatic rings. The number of hydrogen-bond donors (Lipinski definition) is 1. The Bertz CT molecular complexity index is 1390. The van der Waals surface area contributed by atoms with Crippen molar-refractivity contribution in [3.05, 3.63) is 78.2 Å².